The largest absolute Gasteiger partial charge is 0.369 e. The highest BCUT2D eigenvalue weighted by atomic mass is 15.1. The van der Waals surface area contributed by atoms with E-state index in [4.69, 9.17) is 5.73 Å². The van der Waals surface area contributed by atoms with Crippen LogP contribution in [0.1, 0.15) is 11.1 Å². The zero-order chi connectivity index (χ0) is 10.7. The molecule has 1 aliphatic rings. The summed E-state index contributed by atoms with van der Waals surface area (Å²) in [5.74, 6) is 0.948. The minimum absolute atomic E-state index is 0.640. The van der Waals surface area contributed by atoms with E-state index in [1.165, 1.54) is 11.1 Å². The number of nitrogens with zero attached hydrogens (tertiary/aromatic N) is 2. The third kappa shape index (κ3) is 2.46. The standard InChI is InChI=1S/C11H18N4/c1-15-5-2-9-6-11(13-4-3-12)14-7-10(9)8-15/h6-7H,2-5,8,12H2,1H3,(H,13,14). The molecule has 1 aliphatic heterocycles. The average Bonchev–Trinajstić information content (AvgIpc) is 2.26. The summed E-state index contributed by atoms with van der Waals surface area (Å²) in [4.78, 5) is 6.69. The Hall–Kier alpha value is -1.13. The monoisotopic (exact) mass is 206 g/mol. The van der Waals surface area contributed by atoms with Crippen LogP contribution in [-0.4, -0.2) is 36.6 Å². The van der Waals surface area contributed by atoms with E-state index in [9.17, 15) is 0 Å². The Bertz CT molecular complexity index is 337. The molecule has 0 spiro atoms. The predicted octanol–water partition coefficient (Wildman–Crippen LogP) is 0.440. The highest BCUT2D eigenvalue weighted by molar-refractivity contribution is 5.42. The number of fused-ring (bicyclic) bond motifs is 1. The smallest absolute Gasteiger partial charge is 0.126 e. The van der Waals surface area contributed by atoms with Crippen molar-refractivity contribution in [3.63, 3.8) is 0 Å². The van der Waals surface area contributed by atoms with Crippen molar-refractivity contribution in [2.75, 3.05) is 32.0 Å². The summed E-state index contributed by atoms with van der Waals surface area (Å²) in [6, 6.07) is 2.15. The van der Waals surface area contributed by atoms with E-state index in [0.29, 0.717) is 6.54 Å². The van der Waals surface area contributed by atoms with Crippen molar-refractivity contribution >= 4 is 5.82 Å². The van der Waals surface area contributed by atoms with E-state index in [0.717, 1.165) is 31.9 Å². The first-order valence-electron chi connectivity index (χ1n) is 5.40. The number of pyridine rings is 1. The first kappa shape index (κ1) is 10.4. The molecular formula is C11H18N4. The Kier molecular flexibility index (Phi) is 3.18. The zero-order valence-corrected chi connectivity index (χ0v) is 9.16. The van der Waals surface area contributed by atoms with Crippen LogP contribution in [0.15, 0.2) is 12.3 Å². The number of likely N-dealkylation sites (N-methyl/N-ethyl adjacent to an activating group) is 1. The van der Waals surface area contributed by atoms with Crippen molar-refractivity contribution in [2.45, 2.75) is 13.0 Å². The number of anilines is 1. The van der Waals surface area contributed by atoms with Gasteiger partial charge in [-0.2, -0.15) is 0 Å². The van der Waals surface area contributed by atoms with Gasteiger partial charge in [-0.1, -0.05) is 0 Å². The molecule has 82 valence electrons. The fraction of sp³-hybridized carbons (Fsp3) is 0.545. The topological polar surface area (TPSA) is 54.2 Å². The van der Waals surface area contributed by atoms with E-state index >= 15 is 0 Å². The van der Waals surface area contributed by atoms with Crippen molar-refractivity contribution in [3.05, 3.63) is 23.4 Å². The molecule has 4 nitrogen and oxygen atoms in total. The van der Waals surface area contributed by atoms with Crippen molar-refractivity contribution in [3.8, 4) is 0 Å². The van der Waals surface area contributed by atoms with Crippen LogP contribution in [0.4, 0.5) is 5.82 Å². The van der Waals surface area contributed by atoms with Gasteiger partial charge in [-0.25, -0.2) is 4.98 Å². The molecule has 0 bridgehead atoms. The Morgan fingerprint density at radius 2 is 2.40 bits per heavy atom. The number of hydrogen-bond acceptors (Lipinski definition) is 4. The minimum atomic E-state index is 0.640. The fourth-order valence-corrected chi connectivity index (χ4v) is 1.88. The molecule has 2 rings (SSSR count). The number of aromatic nitrogens is 1. The lowest BCUT2D eigenvalue weighted by Crippen LogP contribution is -2.26. The minimum Gasteiger partial charge on any atom is -0.369 e. The molecule has 0 aromatic carbocycles. The predicted molar refractivity (Wildman–Crippen MR) is 61.8 cm³/mol. The lowest BCUT2D eigenvalue weighted by molar-refractivity contribution is 0.312. The van der Waals surface area contributed by atoms with Gasteiger partial charge in [-0.05, 0) is 30.7 Å². The van der Waals surface area contributed by atoms with E-state index in [1.54, 1.807) is 0 Å². The number of rotatable bonds is 3. The fourth-order valence-electron chi connectivity index (χ4n) is 1.88. The molecule has 1 aromatic rings. The summed E-state index contributed by atoms with van der Waals surface area (Å²) in [6.07, 6.45) is 3.09. The number of hydrogen-bond donors (Lipinski definition) is 2. The lowest BCUT2D eigenvalue weighted by atomic mass is 10.0. The quantitative estimate of drug-likeness (QED) is 0.753. The Balaban J connectivity index is 2.12. The lowest BCUT2D eigenvalue weighted by Gasteiger charge is -2.24. The van der Waals surface area contributed by atoms with Crippen LogP contribution < -0.4 is 11.1 Å². The van der Waals surface area contributed by atoms with Crippen LogP contribution >= 0.6 is 0 Å². The third-order valence-electron chi connectivity index (χ3n) is 2.74. The molecule has 0 amide bonds. The molecule has 1 aromatic heterocycles. The van der Waals surface area contributed by atoms with Crippen molar-refractivity contribution in [1.82, 2.24) is 9.88 Å². The molecule has 2 heterocycles. The highest BCUT2D eigenvalue weighted by Gasteiger charge is 2.13. The third-order valence-corrected chi connectivity index (χ3v) is 2.74. The molecule has 0 saturated carbocycles. The van der Waals surface area contributed by atoms with Gasteiger partial charge in [0.1, 0.15) is 5.82 Å². The zero-order valence-electron chi connectivity index (χ0n) is 9.16. The summed E-state index contributed by atoms with van der Waals surface area (Å²) >= 11 is 0. The summed E-state index contributed by atoms with van der Waals surface area (Å²) < 4.78 is 0. The second-order valence-corrected chi connectivity index (χ2v) is 4.04. The molecule has 0 radical (unpaired) electrons. The molecule has 0 saturated heterocycles. The van der Waals surface area contributed by atoms with Gasteiger partial charge in [-0.15, -0.1) is 0 Å². The van der Waals surface area contributed by atoms with Gasteiger partial charge in [-0.3, -0.25) is 0 Å². The van der Waals surface area contributed by atoms with Crippen LogP contribution in [0.25, 0.3) is 0 Å². The Labute approximate surface area is 90.5 Å². The van der Waals surface area contributed by atoms with Crippen molar-refractivity contribution < 1.29 is 0 Å². The maximum Gasteiger partial charge on any atom is 0.126 e. The van der Waals surface area contributed by atoms with Gasteiger partial charge in [0.2, 0.25) is 0 Å². The summed E-state index contributed by atoms with van der Waals surface area (Å²) in [7, 11) is 2.14. The molecular weight excluding hydrogens is 188 g/mol. The van der Waals surface area contributed by atoms with Gasteiger partial charge in [0, 0.05) is 32.4 Å². The first-order chi connectivity index (χ1) is 7.29. The number of nitrogens with two attached hydrogens (primary N) is 1. The molecule has 4 heteroatoms. The maximum atomic E-state index is 5.44. The molecule has 0 atom stereocenters. The molecule has 0 unspecified atom stereocenters. The van der Waals surface area contributed by atoms with Crippen LogP contribution in [0.3, 0.4) is 0 Å². The molecule has 3 N–H and O–H groups in total. The van der Waals surface area contributed by atoms with Gasteiger partial charge in [0.25, 0.3) is 0 Å². The van der Waals surface area contributed by atoms with Gasteiger partial charge >= 0.3 is 0 Å². The normalized spacial score (nSPS) is 16.1. The van der Waals surface area contributed by atoms with Crippen LogP contribution in [0.5, 0.6) is 0 Å². The van der Waals surface area contributed by atoms with E-state index in [1.807, 2.05) is 6.20 Å². The average molecular weight is 206 g/mol. The van der Waals surface area contributed by atoms with Gasteiger partial charge in [0.05, 0.1) is 0 Å². The van der Waals surface area contributed by atoms with E-state index in [-0.39, 0.29) is 0 Å². The summed E-state index contributed by atoms with van der Waals surface area (Å²) in [6.45, 7) is 3.57. The molecule has 0 aliphatic carbocycles. The highest BCUT2D eigenvalue weighted by Crippen LogP contribution is 2.19. The van der Waals surface area contributed by atoms with Crippen LogP contribution in [0.2, 0.25) is 0 Å². The van der Waals surface area contributed by atoms with Crippen molar-refractivity contribution in [1.29, 1.82) is 0 Å². The second-order valence-electron chi connectivity index (χ2n) is 4.04. The van der Waals surface area contributed by atoms with Crippen molar-refractivity contribution in [2.24, 2.45) is 5.73 Å². The van der Waals surface area contributed by atoms with E-state index in [2.05, 4.69) is 28.3 Å². The Morgan fingerprint density at radius 1 is 1.53 bits per heavy atom. The summed E-state index contributed by atoms with van der Waals surface area (Å²) in [5, 5.41) is 3.21. The maximum absolute atomic E-state index is 5.44. The van der Waals surface area contributed by atoms with Crippen LogP contribution in [-0.2, 0) is 13.0 Å². The SMILES string of the molecule is CN1CCc2cc(NCCN)ncc2C1. The van der Waals surface area contributed by atoms with Crippen LogP contribution in [0, 0.1) is 0 Å². The molecule has 0 fully saturated rings. The van der Waals surface area contributed by atoms with E-state index < -0.39 is 0 Å². The first-order valence-corrected chi connectivity index (χ1v) is 5.40. The number of nitrogens with one attached hydrogen (secondary N) is 1. The van der Waals surface area contributed by atoms with Gasteiger partial charge in [0.15, 0.2) is 0 Å². The molecule has 15 heavy (non-hydrogen) atoms. The van der Waals surface area contributed by atoms with Gasteiger partial charge < -0.3 is 16.0 Å². The second kappa shape index (κ2) is 4.59. The summed E-state index contributed by atoms with van der Waals surface area (Å²) in [5.41, 5.74) is 8.20. The Morgan fingerprint density at radius 3 is 3.20 bits per heavy atom.